The van der Waals surface area contributed by atoms with Crippen molar-refractivity contribution in [3.63, 3.8) is 0 Å². The molecule has 4 aliphatic rings. The summed E-state index contributed by atoms with van der Waals surface area (Å²) in [6.07, 6.45) is 8.43. The van der Waals surface area contributed by atoms with Crippen LogP contribution >= 0.6 is 0 Å². The van der Waals surface area contributed by atoms with Gasteiger partial charge in [-0.3, -0.25) is 0 Å². The van der Waals surface area contributed by atoms with E-state index in [2.05, 4.69) is 13.8 Å². The van der Waals surface area contributed by atoms with Crippen molar-refractivity contribution >= 4 is 57.4 Å². The first-order valence-corrected chi connectivity index (χ1v) is 44.0. The second-order valence-corrected chi connectivity index (χ2v) is 32.6. The highest BCUT2D eigenvalue weighted by molar-refractivity contribution is 6.11. The number of esters is 6. The Hall–Kier alpha value is -13.4. The van der Waals surface area contributed by atoms with Gasteiger partial charge in [0, 0.05) is 41.8 Å². The van der Waals surface area contributed by atoms with Crippen molar-refractivity contribution < 1.29 is 95.1 Å². The van der Waals surface area contributed by atoms with Crippen molar-refractivity contribution in [2.45, 2.75) is 98.2 Å². The SMILES string of the molecule is CCC1(CCc2ccc(C(=O)Oc3ccc(-c4ccc(C(=O)Oc5ccc6ccccc6c5-c5c(OC(=O)c6ccc(-c7ccc(OC(=O)c8ccc(CCC9(CC)COC9)cc8)cc7)cc6)ccc6ccccc56)cc4)cc3)cc2)COC1.CCOCC.Cc1cc(OC(=O)c2ccc(OCC3CO3)cc2)ccc1OC(=O)c1ccc(OCCCCOCC2CO2)cc1. The molecule has 13 aromatic carbocycles. The van der Waals surface area contributed by atoms with Crippen LogP contribution in [-0.2, 0) is 41.3 Å². The van der Waals surface area contributed by atoms with Crippen LogP contribution in [0.25, 0.3) is 54.9 Å². The van der Waals surface area contributed by atoms with Crippen LogP contribution in [0.1, 0.15) is 145 Å². The Morgan fingerprint density at radius 2 is 0.667 bits per heavy atom. The number of hydrogen-bond donors (Lipinski definition) is 0. The number of benzene rings is 13. The van der Waals surface area contributed by atoms with E-state index < -0.39 is 35.8 Å². The Kier molecular flexibility index (Phi) is 30.4. The summed E-state index contributed by atoms with van der Waals surface area (Å²) in [5.41, 5.74) is 10.6. The van der Waals surface area contributed by atoms with Crippen LogP contribution in [0.3, 0.4) is 0 Å². The number of carbonyl (C=O) groups is 6. The van der Waals surface area contributed by atoms with Gasteiger partial charge in [-0.1, -0.05) is 147 Å². The third-order valence-electron chi connectivity index (χ3n) is 23.5. The Labute approximate surface area is 751 Å². The minimum absolute atomic E-state index is 0.161. The molecule has 20 heteroatoms. The molecule has 0 aromatic heterocycles. The van der Waals surface area contributed by atoms with Gasteiger partial charge in [0.05, 0.1) is 86.2 Å². The predicted octanol–water partition coefficient (Wildman–Crippen LogP) is 22.4. The van der Waals surface area contributed by atoms with E-state index in [9.17, 15) is 28.8 Å². The van der Waals surface area contributed by atoms with Crippen LogP contribution in [-0.4, -0.2) is 127 Å². The van der Waals surface area contributed by atoms with E-state index in [1.807, 2.05) is 172 Å². The maximum absolute atomic E-state index is 14.2. The molecule has 4 aliphatic heterocycles. The average molecular weight is 1730 g/mol. The molecule has 0 spiro atoms. The standard InChI is InChI=1S/C74H62O10.C31H32O9.C4H10O/c1-3-73(45-79-46-73)43-41-49-13-17-57(18-14-49)69(75)81-61-35-29-53(30-36-61)51-21-25-59(26-22-51)71(77)83-65-39-33-55-9-5-7-11-63(55)67(65)68-64-12-8-6-10-56(64)34-40-66(68)84-72(78)60-27-23-52(24-28-60)54-31-37-62(38-32-54)82-70(76)58-19-15-50(16-20-58)42-44-74(4-2)47-80-48-74;1-21-16-26(39-30(32)22-6-10-25(11-7-22)36-19-28-20-38-28)12-13-29(21)40-31(33)23-4-8-24(9-5-23)35-15-3-2-14-34-17-27-18-37-27;1-3-5-4-2/h5-40H,3-4,41-48H2,1-2H3;4-13,16,27-28H,2-3,14-15,17-20H2,1H3;3-4H2,1-2H3. The fourth-order valence-electron chi connectivity index (χ4n) is 15.1. The van der Waals surface area contributed by atoms with Gasteiger partial charge in [0.15, 0.2) is 0 Å². The fourth-order valence-corrected chi connectivity index (χ4v) is 15.1. The summed E-state index contributed by atoms with van der Waals surface area (Å²) in [5.74, 6) is 0.484. The molecular formula is C109H104O20. The second kappa shape index (κ2) is 43.4. The van der Waals surface area contributed by atoms with Crippen LogP contribution in [0, 0.1) is 17.8 Å². The number of hydrogen-bond acceptors (Lipinski definition) is 20. The lowest BCUT2D eigenvalue weighted by Crippen LogP contribution is -2.42. The van der Waals surface area contributed by atoms with E-state index in [4.69, 9.17) is 66.3 Å². The highest BCUT2D eigenvalue weighted by Crippen LogP contribution is 2.47. The normalized spacial score (nSPS) is 14.7. The molecule has 0 saturated carbocycles. The minimum Gasteiger partial charge on any atom is -0.494 e. The van der Waals surface area contributed by atoms with Crippen LogP contribution < -0.4 is 37.9 Å². The first-order chi connectivity index (χ1) is 63.0. The third kappa shape index (κ3) is 24.3. The largest absolute Gasteiger partial charge is 0.494 e. The number of aryl methyl sites for hydroxylation is 3. The summed E-state index contributed by atoms with van der Waals surface area (Å²) in [7, 11) is 0. The number of unbranched alkanes of at least 4 members (excludes halogenated alkanes) is 1. The molecule has 0 amide bonds. The molecular weight excluding hydrogens is 1630 g/mol. The Balaban J connectivity index is 0.000000236. The van der Waals surface area contributed by atoms with Gasteiger partial charge in [-0.2, -0.15) is 0 Å². The van der Waals surface area contributed by atoms with E-state index in [0.29, 0.717) is 111 Å². The van der Waals surface area contributed by atoms with Gasteiger partial charge in [0.25, 0.3) is 0 Å². The molecule has 0 aliphatic carbocycles. The van der Waals surface area contributed by atoms with Crippen molar-refractivity contribution in [3.8, 4) is 79.4 Å². The van der Waals surface area contributed by atoms with Crippen molar-refractivity contribution in [2.24, 2.45) is 10.8 Å². The number of fused-ring (bicyclic) bond motifs is 2. The third-order valence-corrected chi connectivity index (χ3v) is 23.5. The van der Waals surface area contributed by atoms with Crippen LogP contribution in [0.5, 0.6) is 46.0 Å². The second-order valence-electron chi connectivity index (χ2n) is 32.6. The average Bonchev–Trinajstić information content (AvgIpc) is 1.71. The summed E-state index contributed by atoms with van der Waals surface area (Å²) in [4.78, 5) is 79.8. The number of rotatable bonds is 36. The fraction of sp³-hybridized carbons (Fsp3) is 0.266. The van der Waals surface area contributed by atoms with E-state index >= 15 is 0 Å². The van der Waals surface area contributed by atoms with Crippen molar-refractivity contribution in [2.75, 3.05) is 79.3 Å². The maximum Gasteiger partial charge on any atom is 0.343 e. The van der Waals surface area contributed by atoms with Gasteiger partial charge in [-0.05, 0) is 284 Å². The van der Waals surface area contributed by atoms with Crippen molar-refractivity contribution in [1.29, 1.82) is 0 Å². The molecule has 13 aromatic rings. The van der Waals surface area contributed by atoms with E-state index in [1.165, 1.54) is 11.1 Å². The van der Waals surface area contributed by atoms with Gasteiger partial charge >= 0.3 is 35.8 Å². The molecule has 20 nitrogen and oxygen atoms in total. The van der Waals surface area contributed by atoms with Crippen LogP contribution in [0.4, 0.5) is 0 Å². The lowest BCUT2D eigenvalue weighted by atomic mass is 9.78. The lowest BCUT2D eigenvalue weighted by Gasteiger charge is -2.41. The molecule has 0 radical (unpaired) electrons. The van der Waals surface area contributed by atoms with Crippen LogP contribution in [0.2, 0.25) is 0 Å². The highest BCUT2D eigenvalue weighted by Gasteiger charge is 2.37. The summed E-state index contributed by atoms with van der Waals surface area (Å²) >= 11 is 0. The topological polar surface area (TPSA) is 238 Å². The monoisotopic (exact) mass is 1730 g/mol. The van der Waals surface area contributed by atoms with Gasteiger partial charge < -0.3 is 66.3 Å². The molecule has 0 N–H and O–H groups in total. The zero-order valence-electron chi connectivity index (χ0n) is 73.1. The molecule has 17 rings (SSSR count). The first kappa shape index (κ1) is 90.4. The van der Waals surface area contributed by atoms with Gasteiger partial charge in [0.2, 0.25) is 0 Å². The number of ether oxygens (including phenoxy) is 14. The molecule has 660 valence electrons. The molecule has 0 bridgehead atoms. The lowest BCUT2D eigenvalue weighted by molar-refractivity contribution is -0.119. The summed E-state index contributed by atoms with van der Waals surface area (Å²) < 4.78 is 78.0. The Morgan fingerprint density at radius 1 is 0.333 bits per heavy atom. The van der Waals surface area contributed by atoms with Crippen molar-refractivity contribution in [1.82, 2.24) is 0 Å². The Morgan fingerprint density at radius 3 is 1.05 bits per heavy atom. The maximum atomic E-state index is 14.2. The highest BCUT2D eigenvalue weighted by atomic mass is 16.6. The van der Waals surface area contributed by atoms with E-state index in [0.717, 1.165) is 148 Å². The minimum atomic E-state index is -0.572. The van der Waals surface area contributed by atoms with Gasteiger partial charge in [-0.25, -0.2) is 28.8 Å². The van der Waals surface area contributed by atoms with Gasteiger partial charge in [-0.15, -0.1) is 0 Å². The Bertz CT molecular complexity index is 5720. The molecule has 2 unspecified atom stereocenters. The first-order valence-electron chi connectivity index (χ1n) is 44.0. The molecule has 129 heavy (non-hydrogen) atoms. The summed E-state index contributed by atoms with van der Waals surface area (Å²) in [6, 6.07) is 85.4. The van der Waals surface area contributed by atoms with Crippen molar-refractivity contribution in [3.05, 3.63) is 335 Å². The number of epoxide rings is 2. The molecule has 4 heterocycles. The summed E-state index contributed by atoms with van der Waals surface area (Å²) in [6.45, 7) is 19.1. The van der Waals surface area contributed by atoms with E-state index in [1.54, 1.807) is 134 Å². The smallest absolute Gasteiger partial charge is 0.343 e. The molecule has 4 fully saturated rings. The zero-order valence-corrected chi connectivity index (χ0v) is 73.1. The quantitative estimate of drug-likeness (QED) is 0.0153. The number of carbonyl (C=O) groups excluding carboxylic acids is 6. The van der Waals surface area contributed by atoms with E-state index in [-0.39, 0.29) is 34.5 Å². The molecule has 4 saturated heterocycles. The summed E-state index contributed by atoms with van der Waals surface area (Å²) in [5, 5.41) is 3.39. The van der Waals surface area contributed by atoms with Crippen LogP contribution in [0.15, 0.2) is 285 Å². The van der Waals surface area contributed by atoms with Gasteiger partial charge in [0.1, 0.15) is 64.8 Å². The predicted molar refractivity (Wildman–Crippen MR) is 494 cm³/mol. The molecule has 2 atom stereocenters. The zero-order chi connectivity index (χ0) is 89.5.